The van der Waals surface area contributed by atoms with Crippen LogP contribution in [-0.2, 0) is 6.54 Å². The van der Waals surface area contributed by atoms with Gasteiger partial charge in [-0.3, -0.25) is 0 Å². The molecule has 0 amide bonds. The van der Waals surface area contributed by atoms with Crippen LogP contribution in [0.4, 0.5) is 17.8 Å². The average molecular weight is 325 g/mol. The molecule has 0 spiro atoms. The summed E-state index contributed by atoms with van der Waals surface area (Å²) in [5, 5.41) is 6.22. The normalized spacial score (nSPS) is 14.5. The second kappa shape index (κ2) is 6.44. The van der Waals surface area contributed by atoms with Gasteiger partial charge in [-0.1, -0.05) is 11.6 Å². The number of nitrogens with one attached hydrogen (secondary N) is 2. The lowest BCUT2D eigenvalue weighted by atomic mass is 10.4. The van der Waals surface area contributed by atoms with E-state index in [2.05, 4.69) is 30.5 Å². The maximum absolute atomic E-state index is 5.93. The summed E-state index contributed by atoms with van der Waals surface area (Å²) >= 11 is 7.49. The molecule has 0 saturated carbocycles. The number of anilines is 3. The van der Waals surface area contributed by atoms with Gasteiger partial charge in [-0.15, -0.1) is 11.3 Å². The third-order valence-corrected chi connectivity index (χ3v) is 4.52. The van der Waals surface area contributed by atoms with Crippen LogP contribution in [0.5, 0.6) is 0 Å². The molecule has 3 heterocycles. The molecule has 3 rings (SSSR count). The lowest BCUT2D eigenvalue weighted by molar-refractivity contribution is 0.879. The van der Waals surface area contributed by atoms with Crippen molar-refractivity contribution in [1.29, 1.82) is 0 Å². The molecule has 21 heavy (non-hydrogen) atoms. The monoisotopic (exact) mass is 324 g/mol. The second-order valence-electron chi connectivity index (χ2n) is 4.79. The van der Waals surface area contributed by atoms with Crippen molar-refractivity contribution in [3.63, 3.8) is 0 Å². The van der Waals surface area contributed by atoms with Gasteiger partial charge in [-0.25, -0.2) is 0 Å². The van der Waals surface area contributed by atoms with Gasteiger partial charge in [0, 0.05) is 25.0 Å². The van der Waals surface area contributed by atoms with Crippen LogP contribution < -0.4 is 15.5 Å². The molecule has 0 aliphatic carbocycles. The minimum Gasteiger partial charge on any atom is -0.357 e. The Labute approximate surface area is 132 Å². The van der Waals surface area contributed by atoms with Crippen LogP contribution in [0.15, 0.2) is 12.1 Å². The molecule has 1 saturated heterocycles. The standard InChI is InChI=1S/C13H17ClN6S/c1-15-11-17-12(16-8-9-4-5-10(14)21-9)19-13(18-11)20-6-2-3-7-20/h4-5H,2-3,6-8H2,1H3,(H2,15,16,17,18,19). The zero-order valence-corrected chi connectivity index (χ0v) is 13.3. The van der Waals surface area contributed by atoms with Gasteiger partial charge in [0.05, 0.1) is 10.9 Å². The van der Waals surface area contributed by atoms with Crippen LogP contribution in [0.3, 0.4) is 0 Å². The molecular formula is C13H17ClN6S. The molecule has 1 fully saturated rings. The van der Waals surface area contributed by atoms with E-state index in [1.165, 1.54) is 12.8 Å². The lowest BCUT2D eigenvalue weighted by Gasteiger charge is -2.16. The third-order valence-electron chi connectivity index (χ3n) is 3.29. The van der Waals surface area contributed by atoms with E-state index in [0.29, 0.717) is 18.4 Å². The Kier molecular flexibility index (Phi) is 4.40. The first-order valence-corrected chi connectivity index (χ1v) is 8.11. The SMILES string of the molecule is CNc1nc(NCc2ccc(Cl)s2)nc(N2CCCC2)n1. The molecule has 8 heteroatoms. The highest BCUT2D eigenvalue weighted by atomic mass is 35.5. The quantitative estimate of drug-likeness (QED) is 0.881. The molecule has 0 radical (unpaired) electrons. The van der Waals surface area contributed by atoms with Crippen molar-refractivity contribution >= 4 is 40.8 Å². The smallest absolute Gasteiger partial charge is 0.231 e. The van der Waals surface area contributed by atoms with Crippen molar-refractivity contribution in [2.24, 2.45) is 0 Å². The fourth-order valence-corrected chi connectivity index (χ4v) is 3.25. The van der Waals surface area contributed by atoms with Crippen LogP contribution in [0.2, 0.25) is 4.34 Å². The van der Waals surface area contributed by atoms with Gasteiger partial charge in [-0.05, 0) is 25.0 Å². The molecule has 1 aliphatic heterocycles. The summed E-state index contributed by atoms with van der Waals surface area (Å²) in [5.41, 5.74) is 0. The Bertz CT molecular complexity index is 610. The molecule has 0 unspecified atom stereocenters. The summed E-state index contributed by atoms with van der Waals surface area (Å²) in [6, 6.07) is 3.90. The molecule has 2 aromatic heterocycles. The number of thiophene rings is 1. The number of hydrogen-bond donors (Lipinski definition) is 2. The molecule has 6 nitrogen and oxygen atoms in total. The fraction of sp³-hybridized carbons (Fsp3) is 0.462. The van der Waals surface area contributed by atoms with E-state index in [9.17, 15) is 0 Å². The van der Waals surface area contributed by atoms with E-state index in [4.69, 9.17) is 11.6 Å². The predicted molar refractivity (Wildman–Crippen MR) is 87.5 cm³/mol. The summed E-state index contributed by atoms with van der Waals surface area (Å²) in [4.78, 5) is 16.6. The van der Waals surface area contributed by atoms with E-state index in [1.54, 1.807) is 11.3 Å². The van der Waals surface area contributed by atoms with E-state index in [1.807, 2.05) is 19.2 Å². The highest BCUT2D eigenvalue weighted by Gasteiger charge is 2.17. The average Bonchev–Trinajstić information content (AvgIpc) is 3.16. The number of aromatic nitrogens is 3. The van der Waals surface area contributed by atoms with E-state index in [0.717, 1.165) is 28.3 Å². The van der Waals surface area contributed by atoms with Crippen molar-refractivity contribution in [3.05, 3.63) is 21.3 Å². The molecule has 2 aromatic rings. The van der Waals surface area contributed by atoms with E-state index < -0.39 is 0 Å². The minimum absolute atomic E-state index is 0.582. The Morgan fingerprint density at radius 1 is 1.19 bits per heavy atom. The van der Waals surface area contributed by atoms with E-state index in [-0.39, 0.29) is 0 Å². The largest absolute Gasteiger partial charge is 0.357 e. The van der Waals surface area contributed by atoms with Crippen molar-refractivity contribution in [1.82, 2.24) is 15.0 Å². The van der Waals surface area contributed by atoms with Crippen molar-refractivity contribution in [2.45, 2.75) is 19.4 Å². The Morgan fingerprint density at radius 2 is 1.95 bits per heavy atom. The van der Waals surface area contributed by atoms with Crippen molar-refractivity contribution in [3.8, 4) is 0 Å². The summed E-state index contributed by atoms with van der Waals surface area (Å²) in [6.45, 7) is 2.67. The van der Waals surface area contributed by atoms with Gasteiger partial charge in [0.2, 0.25) is 17.8 Å². The Morgan fingerprint density at radius 3 is 2.62 bits per heavy atom. The van der Waals surface area contributed by atoms with Crippen LogP contribution >= 0.6 is 22.9 Å². The van der Waals surface area contributed by atoms with Gasteiger partial charge in [0.15, 0.2) is 0 Å². The van der Waals surface area contributed by atoms with Crippen molar-refractivity contribution < 1.29 is 0 Å². The maximum atomic E-state index is 5.93. The summed E-state index contributed by atoms with van der Waals surface area (Å²) in [5.74, 6) is 1.90. The molecule has 112 valence electrons. The van der Waals surface area contributed by atoms with Gasteiger partial charge in [0.1, 0.15) is 0 Å². The summed E-state index contributed by atoms with van der Waals surface area (Å²) in [7, 11) is 1.81. The van der Waals surface area contributed by atoms with Gasteiger partial charge in [-0.2, -0.15) is 15.0 Å². The highest BCUT2D eigenvalue weighted by molar-refractivity contribution is 7.16. The fourth-order valence-electron chi connectivity index (χ4n) is 2.23. The first-order chi connectivity index (χ1) is 10.2. The topological polar surface area (TPSA) is 66.0 Å². The lowest BCUT2D eigenvalue weighted by Crippen LogP contribution is -2.22. The maximum Gasteiger partial charge on any atom is 0.231 e. The van der Waals surface area contributed by atoms with Crippen molar-refractivity contribution in [2.75, 3.05) is 35.7 Å². The zero-order chi connectivity index (χ0) is 14.7. The molecule has 0 aromatic carbocycles. The first-order valence-electron chi connectivity index (χ1n) is 6.91. The van der Waals surface area contributed by atoms with E-state index >= 15 is 0 Å². The third kappa shape index (κ3) is 3.54. The summed E-state index contributed by atoms with van der Waals surface area (Å²) < 4.78 is 0.788. The van der Waals surface area contributed by atoms with Crippen LogP contribution in [-0.4, -0.2) is 35.1 Å². The Balaban J connectivity index is 1.75. The van der Waals surface area contributed by atoms with Gasteiger partial charge in [0.25, 0.3) is 0 Å². The zero-order valence-electron chi connectivity index (χ0n) is 11.8. The minimum atomic E-state index is 0.582. The first kappa shape index (κ1) is 14.3. The molecule has 0 atom stereocenters. The number of rotatable bonds is 5. The highest BCUT2D eigenvalue weighted by Crippen LogP contribution is 2.23. The van der Waals surface area contributed by atoms with Gasteiger partial charge < -0.3 is 15.5 Å². The number of nitrogens with zero attached hydrogens (tertiary/aromatic N) is 4. The predicted octanol–water partition coefficient (Wildman–Crippen LogP) is 2.84. The second-order valence-corrected chi connectivity index (χ2v) is 6.59. The van der Waals surface area contributed by atoms with Crippen LogP contribution in [0.1, 0.15) is 17.7 Å². The molecule has 1 aliphatic rings. The summed E-state index contributed by atoms with van der Waals surface area (Å²) in [6.07, 6.45) is 2.38. The molecular weight excluding hydrogens is 308 g/mol. The van der Waals surface area contributed by atoms with Crippen LogP contribution in [0.25, 0.3) is 0 Å². The van der Waals surface area contributed by atoms with Gasteiger partial charge >= 0.3 is 0 Å². The molecule has 2 N–H and O–H groups in total. The van der Waals surface area contributed by atoms with Crippen LogP contribution in [0, 0.1) is 0 Å². The molecule has 0 bridgehead atoms. The number of hydrogen-bond acceptors (Lipinski definition) is 7. The Hall–Kier alpha value is -1.60. The number of halogens is 1.